The SMILES string of the molecule is CN(CC(C)(C)C)S(=O)(=O)c1cc([N+](=O)[O-])c(N)s1. The van der Waals surface area contributed by atoms with E-state index in [1.54, 1.807) is 0 Å². The highest BCUT2D eigenvalue weighted by Gasteiger charge is 2.30. The van der Waals surface area contributed by atoms with Gasteiger partial charge >= 0.3 is 5.69 Å². The van der Waals surface area contributed by atoms with Crippen molar-refractivity contribution in [1.29, 1.82) is 0 Å². The molecule has 1 aromatic rings. The second-order valence-electron chi connectivity index (χ2n) is 5.39. The number of nitrogens with zero attached hydrogens (tertiary/aromatic N) is 2. The Hall–Kier alpha value is -1.19. The first-order valence-corrected chi connectivity index (χ1v) is 7.71. The summed E-state index contributed by atoms with van der Waals surface area (Å²) in [5.41, 5.74) is 4.88. The normalized spacial score (nSPS) is 12.9. The van der Waals surface area contributed by atoms with E-state index in [-0.39, 0.29) is 20.3 Å². The van der Waals surface area contributed by atoms with Gasteiger partial charge in [0.05, 0.1) is 4.92 Å². The highest BCUT2D eigenvalue weighted by molar-refractivity contribution is 7.91. The zero-order valence-corrected chi connectivity index (χ0v) is 12.8. The lowest BCUT2D eigenvalue weighted by atomic mass is 9.97. The van der Waals surface area contributed by atoms with Crippen LogP contribution in [0.5, 0.6) is 0 Å². The number of rotatable bonds is 4. The molecule has 0 unspecified atom stereocenters. The van der Waals surface area contributed by atoms with Gasteiger partial charge in [-0.15, -0.1) is 0 Å². The summed E-state index contributed by atoms with van der Waals surface area (Å²) >= 11 is 0.710. The molecule has 0 saturated carbocycles. The molecule has 0 aliphatic carbocycles. The lowest BCUT2D eigenvalue weighted by molar-refractivity contribution is -0.383. The van der Waals surface area contributed by atoms with E-state index in [9.17, 15) is 18.5 Å². The van der Waals surface area contributed by atoms with Crippen molar-refractivity contribution in [2.24, 2.45) is 5.41 Å². The molecule has 0 amide bonds. The fourth-order valence-corrected chi connectivity index (χ4v) is 4.37. The first-order chi connectivity index (χ1) is 8.45. The van der Waals surface area contributed by atoms with Crippen LogP contribution in [0, 0.1) is 15.5 Å². The van der Waals surface area contributed by atoms with E-state index < -0.39 is 14.9 Å². The van der Waals surface area contributed by atoms with Crippen LogP contribution >= 0.6 is 11.3 Å². The van der Waals surface area contributed by atoms with Gasteiger partial charge < -0.3 is 5.73 Å². The summed E-state index contributed by atoms with van der Waals surface area (Å²) in [5.74, 6) is 0. The zero-order chi connectivity index (χ0) is 15.0. The smallest absolute Gasteiger partial charge is 0.304 e. The van der Waals surface area contributed by atoms with Crippen LogP contribution in [0.1, 0.15) is 20.8 Å². The van der Waals surface area contributed by atoms with Crippen LogP contribution in [-0.2, 0) is 10.0 Å². The predicted octanol–water partition coefficient (Wildman–Crippen LogP) is 1.91. The highest BCUT2D eigenvalue weighted by Crippen LogP contribution is 2.36. The standard InChI is InChI=1S/C10H17N3O4S2/c1-10(2,3)6-12(4)19(16,17)8-5-7(13(14)15)9(11)18-8/h5H,6,11H2,1-4H3. The molecule has 0 saturated heterocycles. The van der Waals surface area contributed by atoms with Crippen LogP contribution in [-0.4, -0.2) is 31.2 Å². The fraction of sp³-hybridized carbons (Fsp3) is 0.600. The van der Waals surface area contributed by atoms with E-state index in [1.807, 2.05) is 20.8 Å². The molecule has 1 aromatic heterocycles. The summed E-state index contributed by atoms with van der Waals surface area (Å²) in [7, 11) is -2.29. The molecule has 9 heteroatoms. The maximum atomic E-state index is 12.3. The minimum atomic E-state index is -3.74. The molecule has 0 bridgehead atoms. The molecular weight excluding hydrogens is 290 g/mol. The largest absolute Gasteiger partial charge is 0.385 e. The molecule has 1 heterocycles. The Labute approximate surface area is 116 Å². The summed E-state index contributed by atoms with van der Waals surface area (Å²) in [6.07, 6.45) is 0. The van der Waals surface area contributed by atoms with Gasteiger partial charge in [-0.25, -0.2) is 8.42 Å². The molecule has 0 fully saturated rings. The van der Waals surface area contributed by atoms with E-state index in [0.29, 0.717) is 17.9 Å². The van der Waals surface area contributed by atoms with Gasteiger partial charge in [0.2, 0.25) is 0 Å². The number of hydrogen-bond donors (Lipinski definition) is 1. The van der Waals surface area contributed by atoms with Crippen molar-refractivity contribution < 1.29 is 13.3 Å². The van der Waals surface area contributed by atoms with E-state index in [2.05, 4.69) is 0 Å². The van der Waals surface area contributed by atoms with Crippen molar-refractivity contribution in [1.82, 2.24) is 4.31 Å². The van der Waals surface area contributed by atoms with Crippen molar-refractivity contribution in [2.75, 3.05) is 19.3 Å². The molecule has 0 radical (unpaired) electrons. The average molecular weight is 307 g/mol. The maximum absolute atomic E-state index is 12.3. The summed E-state index contributed by atoms with van der Waals surface area (Å²) in [6.45, 7) is 6.03. The Kier molecular flexibility index (Phi) is 4.23. The Morgan fingerprint density at radius 3 is 2.37 bits per heavy atom. The van der Waals surface area contributed by atoms with E-state index >= 15 is 0 Å². The van der Waals surface area contributed by atoms with Gasteiger partial charge in [-0.05, 0) is 5.41 Å². The first kappa shape index (κ1) is 15.9. The van der Waals surface area contributed by atoms with Crippen molar-refractivity contribution in [3.63, 3.8) is 0 Å². The van der Waals surface area contributed by atoms with Crippen molar-refractivity contribution >= 4 is 32.0 Å². The van der Waals surface area contributed by atoms with Crippen LogP contribution in [0.25, 0.3) is 0 Å². The number of hydrogen-bond acceptors (Lipinski definition) is 6. The van der Waals surface area contributed by atoms with Gasteiger partial charge in [-0.2, -0.15) is 4.31 Å². The molecule has 0 spiro atoms. The lowest BCUT2D eigenvalue weighted by Gasteiger charge is -2.25. The monoisotopic (exact) mass is 307 g/mol. The number of thiophene rings is 1. The Bertz CT molecular complexity index is 586. The minimum absolute atomic E-state index is 0.104. The summed E-state index contributed by atoms with van der Waals surface area (Å²) in [5, 5.41) is 10.6. The summed E-state index contributed by atoms with van der Waals surface area (Å²) < 4.78 is 25.6. The van der Waals surface area contributed by atoms with Gasteiger partial charge in [0.25, 0.3) is 10.0 Å². The van der Waals surface area contributed by atoms with Gasteiger partial charge in [-0.1, -0.05) is 32.1 Å². The highest BCUT2D eigenvalue weighted by atomic mass is 32.2. The lowest BCUT2D eigenvalue weighted by Crippen LogP contribution is -2.34. The molecular formula is C10H17N3O4S2. The molecule has 0 atom stereocenters. The quantitative estimate of drug-likeness (QED) is 0.675. The number of nitrogen functional groups attached to an aromatic ring is 1. The topological polar surface area (TPSA) is 107 Å². The molecule has 19 heavy (non-hydrogen) atoms. The maximum Gasteiger partial charge on any atom is 0.304 e. The third-order valence-electron chi connectivity index (χ3n) is 2.28. The van der Waals surface area contributed by atoms with Gasteiger partial charge in [0, 0.05) is 19.7 Å². The number of nitro groups is 1. The van der Waals surface area contributed by atoms with Crippen LogP contribution in [0.2, 0.25) is 0 Å². The van der Waals surface area contributed by atoms with E-state index in [4.69, 9.17) is 5.73 Å². The molecule has 0 aliphatic heterocycles. The summed E-state index contributed by atoms with van der Waals surface area (Å²) in [6, 6.07) is 1.01. The fourth-order valence-electron chi connectivity index (χ4n) is 1.55. The Balaban J connectivity index is 3.14. The predicted molar refractivity (Wildman–Crippen MR) is 74.7 cm³/mol. The third-order valence-corrected chi connectivity index (χ3v) is 5.48. The second kappa shape index (κ2) is 5.06. The Morgan fingerprint density at radius 1 is 1.47 bits per heavy atom. The van der Waals surface area contributed by atoms with Crippen LogP contribution in [0.4, 0.5) is 10.7 Å². The van der Waals surface area contributed by atoms with Crippen molar-refractivity contribution in [3.8, 4) is 0 Å². The zero-order valence-electron chi connectivity index (χ0n) is 11.2. The van der Waals surface area contributed by atoms with Crippen LogP contribution < -0.4 is 5.73 Å². The minimum Gasteiger partial charge on any atom is -0.385 e. The Morgan fingerprint density at radius 2 is 2.00 bits per heavy atom. The van der Waals surface area contributed by atoms with Crippen LogP contribution in [0.3, 0.4) is 0 Å². The van der Waals surface area contributed by atoms with Crippen molar-refractivity contribution in [3.05, 3.63) is 16.2 Å². The first-order valence-electron chi connectivity index (χ1n) is 5.45. The second-order valence-corrected chi connectivity index (χ2v) is 8.75. The molecule has 108 valence electrons. The number of anilines is 1. The van der Waals surface area contributed by atoms with E-state index in [0.717, 1.165) is 6.07 Å². The number of nitrogens with two attached hydrogens (primary N) is 1. The van der Waals surface area contributed by atoms with Gasteiger partial charge in [0.15, 0.2) is 5.00 Å². The molecule has 7 nitrogen and oxygen atoms in total. The molecule has 2 N–H and O–H groups in total. The van der Waals surface area contributed by atoms with Crippen molar-refractivity contribution in [2.45, 2.75) is 25.0 Å². The van der Waals surface area contributed by atoms with Gasteiger partial charge in [-0.3, -0.25) is 10.1 Å². The average Bonchev–Trinajstić information content (AvgIpc) is 2.58. The molecule has 0 aromatic carbocycles. The van der Waals surface area contributed by atoms with Crippen LogP contribution in [0.15, 0.2) is 10.3 Å². The molecule has 1 rings (SSSR count). The molecule has 0 aliphatic rings. The van der Waals surface area contributed by atoms with Gasteiger partial charge in [0.1, 0.15) is 4.21 Å². The third kappa shape index (κ3) is 3.64. The number of sulfonamides is 1. The summed E-state index contributed by atoms with van der Waals surface area (Å²) in [4.78, 5) is 10.00. The van der Waals surface area contributed by atoms with E-state index in [1.165, 1.54) is 11.4 Å².